The van der Waals surface area contributed by atoms with Crippen LogP contribution in [0, 0.1) is 13.8 Å². The second kappa shape index (κ2) is 5.63. The number of aromatic nitrogens is 2. The molecule has 2 N–H and O–H groups in total. The Morgan fingerprint density at radius 1 is 1.21 bits per heavy atom. The fraction of sp³-hybridized carbons (Fsp3) is 0.154. The molecule has 0 amide bonds. The quantitative estimate of drug-likeness (QED) is 0.871. The Labute approximate surface area is 125 Å². The number of rotatable bonds is 3. The van der Waals surface area contributed by atoms with Crippen molar-refractivity contribution in [1.29, 1.82) is 0 Å². The lowest BCUT2D eigenvalue weighted by molar-refractivity contribution is 0.458. The zero-order valence-corrected chi connectivity index (χ0v) is 12.9. The maximum atomic E-state index is 5.73. The van der Waals surface area contributed by atoms with Crippen molar-refractivity contribution >= 4 is 33.1 Å². The topological polar surface area (TPSA) is 61.0 Å². The van der Waals surface area contributed by atoms with Crippen molar-refractivity contribution < 1.29 is 4.74 Å². The van der Waals surface area contributed by atoms with Gasteiger partial charge in [-0.1, -0.05) is 28.1 Å². The number of nitrogens with zero attached hydrogens (tertiary/aromatic N) is 2. The van der Waals surface area contributed by atoms with E-state index in [0.29, 0.717) is 17.3 Å². The normalized spacial score (nSPS) is 10.3. The first-order chi connectivity index (χ1) is 8.99. The molecule has 98 valence electrons. The van der Waals surface area contributed by atoms with Crippen molar-refractivity contribution in [3.05, 3.63) is 45.8 Å². The summed E-state index contributed by atoms with van der Waals surface area (Å²) in [7, 11) is 0. The van der Waals surface area contributed by atoms with E-state index in [-0.39, 0.29) is 4.99 Å². The minimum absolute atomic E-state index is 0.161. The molecule has 0 spiro atoms. The summed E-state index contributed by atoms with van der Waals surface area (Å²) < 4.78 is 6.79. The van der Waals surface area contributed by atoms with Gasteiger partial charge in [-0.05, 0) is 37.1 Å². The van der Waals surface area contributed by atoms with Gasteiger partial charge in [0.15, 0.2) is 5.69 Å². The van der Waals surface area contributed by atoms with Crippen LogP contribution in [0.2, 0.25) is 0 Å². The summed E-state index contributed by atoms with van der Waals surface area (Å²) in [5, 5.41) is 0. The lowest BCUT2D eigenvalue weighted by Crippen LogP contribution is -2.13. The van der Waals surface area contributed by atoms with Gasteiger partial charge in [-0.3, -0.25) is 0 Å². The maximum absolute atomic E-state index is 5.73. The summed E-state index contributed by atoms with van der Waals surface area (Å²) >= 11 is 8.44. The predicted octanol–water partition coefficient (Wildman–Crippen LogP) is 3.28. The molecule has 0 radical (unpaired) electrons. The highest BCUT2D eigenvalue weighted by Gasteiger charge is 2.11. The zero-order valence-electron chi connectivity index (χ0n) is 10.5. The molecule has 0 aliphatic heterocycles. The van der Waals surface area contributed by atoms with E-state index in [9.17, 15) is 0 Å². The first-order valence-corrected chi connectivity index (χ1v) is 6.74. The molecule has 1 aromatic heterocycles. The number of benzene rings is 1. The molecule has 2 rings (SSSR count). The number of hydrogen-bond acceptors (Lipinski definition) is 4. The Bertz CT molecular complexity index is 623. The molecule has 19 heavy (non-hydrogen) atoms. The third-order valence-corrected chi connectivity index (χ3v) is 3.97. The minimum Gasteiger partial charge on any atom is -0.437 e. The third-order valence-electron chi connectivity index (χ3n) is 2.52. The van der Waals surface area contributed by atoms with Gasteiger partial charge >= 0.3 is 0 Å². The highest BCUT2D eigenvalue weighted by Crippen LogP contribution is 2.29. The average molecular weight is 338 g/mol. The minimum atomic E-state index is 0.161. The third kappa shape index (κ3) is 3.08. The molecule has 1 aromatic carbocycles. The molecule has 6 heteroatoms. The van der Waals surface area contributed by atoms with Gasteiger partial charge in [0.2, 0.25) is 5.88 Å². The molecule has 0 aliphatic carbocycles. The van der Waals surface area contributed by atoms with E-state index in [2.05, 4.69) is 25.9 Å². The second-order valence-corrected chi connectivity index (χ2v) is 5.28. The van der Waals surface area contributed by atoms with E-state index in [1.807, 2.05) is 26.0 Å². The molecule has 0 atom stereocenters. The van der Waals surface area contributed by atoms with Gasteiger partial charge in [-0.15, -0.1) is 0 Å². The summed E-state index contributed by atoms with van der Waals surface area (Å²) in [6.07, 6.45) is 3.06. The predicted molar refractivity (Wildman–Crippen MR) is 81.6 cm³/mol. The molecule has 0 aliphatic rings. The van der Waals surface area contributed by atoms with Crippen molar-refractivity contribution in [3.63, 3.8) is 0 Å². The molecule has 0 saturated heterocycles. The van der Waals surface area contributed by atoms with Gasteiger partial charge in [0.05, 0.1) is 0 Å². The van der Waals surface area contributed by atoms with Crippen molar-refractivity contribution in [2.45, 2.75) is 13.8 Å². The van der Waals surface area contributed by atoms with E-state index in [0.717, 1.165) is 15.6 Å². The van der Waals surface area contributed by atoms with Gasteiger partial charge in [0, 0.05) is 16.9 Å². The maximum Gasteiger partial charge on any atom is 0.248 e. The number of aryl methyl sites for hydroxylation is 2. The monoisotopic (exact) mass is 337 g/mol. The number of hydrogen-bond donors (Lipinski definition) is 1. The zero-order chi connectivity index (χ0) is 14.0. The van der Waals surface area contributed by atoms with Gasteiger partial charge in [-0.25, -0.2) is 9.97 Å². The molecular weight excluding hydrogens is 326 g/mol. The van der Waals surface area contributed by atoms with Crippen LogP contribution in [0.4, 0.5) is 0 Å². The van der Waals surface area contributed by atoms with Crippen LogP contribution >= 0.6 is 28.1 Å². The van der Waals surface area contributed by atoms with Gasteiger partial charge in [0.1, 0.15) is 10.7 Å². The largest absolute Gasteiger partial charge is 0.437 e. The number of ether oxygens (including phenoxy) is 1. The van der Waals surface area contributed by atoms with Crippen molar-refractivity contribution in [1.82, 2.24) is 9.97 Å². The lowest BCUT2D eigenvalue weighted by Gasteiger charge is -2.10. The molecule has 1 heterocycles. The van der Waals surface area contributed by atoms with E-state index < -0.39 is 0 Å². The van der Waals surface area contributed by atoms with E-state index in [1.54, 1.807) is 0 Å². The van der Waals surface area contributed by atoms with Crippen LogP contribution in [0.3, 0.4) is 0 Å². The summed E-state index contributed by atoms with van der Waals surface area (Å²) in [5.41, 5.74) is 8.14. The molecule has 2 aromatic rings. The Morgan fingerprint density at radius 2 is 1.79 bits per heavy atom. The van der Waals surface area contributed by atoms with Crippen LogP contribution in [0.1, 0.15) is 16.8 Å². The average Bonchev–Trinajstić information content (AvgIpc) is 2.36. The van der Waals surface area contributed by atoms with Crippen LogP contribution < -0.4 is 10.5 Å². The first-order valence-electron chi connectivity index (χ1n) is 5.54. The van der Waals surface area contributed by atoms with Crippen LogP contribution in [-0.4, -0.2) is 15.0 Å². The summed E-state index contributed by atoms with van der Waals surface area (Å²) in [6.45, 7) is 3.99. The van der Waals surface area contributed by atoms with Crippen LogP contribution in [-0.2, 0) is 0 Å². The Balaban J connectivity index is 2.39. The molecule has 0 fully saturated rings. The summed E-state index contributed by atoms with van der Waals surface area (Å²) in [6, 6.07) is 3.82. The fourth-order valence-electron chi connectivity index (χ4n) is 1.65. The Kier molecular flexibility index (Phi) is 4.11. The molecule has 0 bridgehead atoms. The van der Waals surface area contributed by atoms with Gasteiger partial charge in [-0.2, -0.15) is 0 Å². The van der Waals surface area contributed by atoms with Gasteiger partial charge in [0.25, 0.3) is 0 Å². The van der Waals surface area contributed by atoms with Crippen LogP contribution in [0.5, 0.6) is 11.6 Å². The first kappa shape index (κ1) is 13.9. The highest BCUT2D eigenvalue weighted by atomic mass is 79.9. The van der Waals surface area contributed by atoms with Gasteiger partial charge < -0.3 is 10.5 Å². The van der Waals surface area contributed by atoms with E-state index >= 15 is 0 Å². The summed E-state index contributed by atoms with van der Waals surface area (Å²) in [4.78, 5) is 8.35. The highest BCUT2D eigenvalue weighted by molar-refractivity contribution is 9.10. The molecule has 0 unspecified atom stereocenters. The Hall–Kier alpha value is -1.53. The Morgan fingerprint density at radius 3 is 2.37 bits per heavy atom. The number of halogens is 1. The fourth-order valence-corrected chi connectivity index (χ4v) is 2.01. The lowest BCUT2D eigenvalue weighted by atomic mass is 10.1. The smallest absolute Gasteiger partial charge is 0.248 e. The van der Waals surface area contributed by atoms with Crippen molar-refractivity contribution in [2.75, 3.05) is 0 Å². The second-order valence-electron chi connectivity index (χ2n) is 4.05. The van der Waals surface area contributed by atoms with Crippen molar-refractivity contribution in [3.8, 4) is 11.6 Å². The molecular formula is C13H12BrN3OS. The van der Waals surface area contributed by atoms with Crippen LogP contribution in [0.15, 0.2) is 29.0 Å². The van der Waals surface area contributed by atoms with Crippen LogP contribution in [0.25, 0.3) is 0 Å². The number of thiocarbonyl (C=S) groups is 1. The SMILES string of the molecule is Cc1cc(Oc2nccnc2C(N)=S)cc(C)c1Br. The number of nitrogens with two attached hydrogens (primary N) is 1. The summed E-state index contributed by atoms with van der Waals surface area (Å²) in [5.74, 6) is 0.993. The molecule has 4 nitrogen and oxygen atoms in total. The standard InChI is InChI=1S/C13H12BrN3OS/c1-7-5-9(6-8(2)10(7)14)18-13-11(12(15)19)16-3-4-17-13/h3-6H,1-2H3,(H2,15,19). The van der Waals surface area contributed by atoms with E-state index in [4.69, 9.17) is 22.7 Å². The van der Waals surface area contributed by atoms with Crippen molar-refractivity contribution in [2.24, 2.45) is 5.73 Å². The van der Waals surface area contributed by atoms with E-state index in [1.165, 1.54) is 12.4 Å². The molecule has 0 saturated carbocycles.